The minimum Gasteiger partial charge on any atom is -0.424 e. The van der Waals surface area contributed by atoms with Crippen LogP contribution in [0.1, 0.15) is 48.7 Å². The molecule has 1 aromatic heterocycles. The summed E-state index contributed by atoms with van der Waals surface area (Å²) in [6, 6.07) is 9.72. The number of likely N-dealkylation sites (tertiary alicyclic amines) is 1. The van der Waals surface area contributed by atoms with Gasteiger partial charge in [0.25, 0.3) is 5.91 Å². The number of benzene rings is 1. The summed E-state index contributed by atoms with van der Waals surface area (Å²) < 4.78 is 5.70. The zero-order chi connectivity index (χ0) is 16.9. The Morgan fingerprint density at radius 2 is 2.21 bits per heavy atom. The van der Waals surface area contributed by atoms with Crippen LogP contribution in [0.2, 0.25) is 0 Å². The lowest BCUT2D eigenvalue weighted by molar-refractivity contribution is 0.0607. The fraction of sp³-hybridized carbons (Fsp3) is 0.421. The maximum atomic E-state index is 12.9. The standard InChI is InChI=1S/C19H23N3O2/c1-3-16-8-4-5-12-22(16)18(23)15-7-6-9-17(13-15)24-19-20-11-10-14(2)21-19/h6-7,9-11,13,16H,3-5,8,12H2,1-2H3. The molecule has 1 aliphatic heterocycles. The van der Waals surface area contributed by atoms with Crippen molar-refractivity contribution in [2.45, 2.75) is 45.6 Å². The highest BCUT2D eigenvalue weighted by Gasteiger charge is 2.26. The van der Waals surface area contributed by atoms with Gasteiger partial charge in [-0.1, -0.05) is 13.0 Å². The molecule has 0 radical (unpaired) electrons. The summed E-state index contributed by atoms with van der Waals surface area (Å²) >= 11 is 0. The summed E-state index contributed by atoms with van der Waals surface area (Å²) in [7, 11) is 0. The van der Waals surface area contributed by atoms with Crippen LogP contribution in [0.4, 0.5) is 0 Å². The quantitative estimate of drug-likeness (QED) is 0.853. The molecule has 1 amide bonds. The topological polar surface area (TPSA) is 55.3 Å². The van der Waals surface area contributed by atoms with Crippen molar-refractivity contribution in [2.24, 2.45) is 0 Å². The molecule has 1 aromatic carbocycles. The van der Waals surface area contributed by atoms with Crippen LogP contribution in [0.5, 0.6) is 11.8 Å². The van der Waals surface area contributed by atoms with Gasteiger partial charge in [-0.15, -0.1) is 0 Å². The van der Waals surface area contributed by atoms with Crippen molar-refractivity contribution in [1.29, 1.82) is 0 Å². The second kappa shape index (κ2) is 7.43. The van der Waals surface area contributed by atoms with E-state index in [1.165, 1.54) is 6.42 Å². The number of aromatic nitrogens is 2. The molecule has 24 heavy (non-hydrogen) atoms. The van der Waals surface area contributed by atoms with E-state index in [4.69, 9.17) is 4.74 Å². The molecule has 5 heteroatoms. The number of ether oxygens (including phenoxy) is 1. The van der Waals surface area contributed by atoms with E-state index in [0.717, 1.165) is 31.5 Å². The molecule has 1 unspecified atom stereocenters. The van der Waals surface area contributed by atoms with Gasteiger partial charge in [0.2, 0.25) is 0 Å². The molecule has 0 N–H and O–H groups in total. The van der Waals surface area contributed by atoms with Crippen molar-refractivity contribution in [2.75, 3.05) is 6.54 Å². The van der Waals surface area contributed by atoms with Crippen molar-refractivity contribution >= 4 is 5.91 Å². The number of rotatable bonds is 4. The van der Waals surface area contributed by atoms with Crippen LogP contribution < -0.4 is 4.74 Å². The second-order valence-corrected chi connectivity index (χ2v) is 6.17. The lowest BCUT2D eigenvalue weighted by Gasteiger charge is -2.35. The highest BCUT2D eigenvalue weighted by molar-refractivity contribution is 5.94. The third-order valence-electron chi connectivity index (χ3n) is 4.42. The predicted octanol–water partition coefficient (Wildman–Crippen LogP) is 3.98. The van der Waals surface area contributed by atoms with Crippen LogP contribution in [0.3, 0.4) is 0 Å². The molecule has 5 nitrogen and oxygen atoms in total. The summed E-state index contributed by atoms with van der Waals surface area (Å²) in [5, 5.41) is 0. The molecule has 0 spiro atoms. The van der Waals surface area contributed by atoms with Gasteiger partial charge in [-0.25, -0.2) is 9.97 Å². The van der Waals surface area contributed by atoms with Crippen molar-refractivity contribution < 1.29 is 9.53 Å². The van der Waals surface area contributed by atoms with Crippen LogP contribution >= 0.6 is 0 Å². The molecule has 1 aliphatic rings. The fourth-order valence-electron chi connectivity index (χ4n) is 3.13. The summed E-state index contributed by atoms with van der Waals surface area (Å²) in [5.41, 5.74) is 1.49. The van der Waals surface area contributed by atoms with E-state index in [9.17, 15) is 4.79 Å². The van der Waals surface area contributed by atoms with E-state index in [2.05, 4.69) is 16.9 Å². The number of piperidine rings is 1. The molecular formula is C19H23N3O2. The Hall–Kier alpha value is -2.43. The van der Waals surface area contributed by atoms with E-state index in [0.29, 0.717) is 23.4 Å². The zero-order valence-corrected chi connectivity index (χ0v) is 14.2. The molecule has 0 bridgehead atoms. The molecule has 2 aromatic rings. The number of carbonyl (C=O) groups excluding carboxylic acids is 1. The predicted molar refractivity (Wildman–Crippen MR) is 92.3 cm³/mol. The Morgan fingerprint density at radius 1 is 1.33 bits per heavy atom. The van der Waals surface area contributed by atoms with Gasteiger partial charge >= 0.3 is 6.01 Å². The minimum atomic E-state index is 0.0807. The summed E-state index contributed by atoms with van der Waals surface area (Å²) in [6.45, 7) is 4.87. The molecule has 2 heterocycles. The first-order chi connectivity index (χ1) is 11.7. The van der Waals surface area contributed by atoms with Gasteiger partial charge in [-0.3, -0.25) is 4.79 Å². The maximum absolute atomic E-state index is 12.9. The Morgan fingerprint density at radius 3 is 3.00 bits per heavy atom. The Kier molecular flexibility index (Phi) is 5.08. The molecule has 1 fully saturated rings. The van der Waals surface area contributed by atoms with Gasteiger partial charge in [-0.05, 0) is 56.9 Å². The van der Waals surface area contributed by atoms with Gasteiger partial charge in [0, 0.05) is 30.0 Å². The first-order valence-electron chi connectivity index (χ1n) is 8.56. The van der Waals surface area contributed by atoms with Gasteiger partial charge < -0.3 is 9.64 Å². The molecule has 3 rings (SSSR count). The van der Waals surface area contributed by atoms with E-state index in [1.807, 2.05) is 36.1 Å². The largest absolute Gasteiger partial charge is 0.424 e. The number of hydrogen-bond acceptors (Lipinski definition) is 4. The average Bonchev–Trinajstić information content (AvgIpc) is 2.61. The number of nitrogens with zero attached hydrogens (tertiary/aromatic N) is 3. The van der Waals surface area contributed by atoms with Crippen LogP contribution in [0.15, 0.2) is 36.5 Å². The monoisotopic (exact) mass is 325 g/mol. The molecule has 0 saturated carbocycles. The molecular weight excluding hydrogens is 302 g/mol. The minimum absolute atomic E-state index is 0.0807. The van der Waals surface area contributed by atoms with Crippen molar-refractivity contribution in [3.05, 3.63) is 47.8 Å². The van der Waals surface area contributed by atoms with Gasteiger partial charge in [0.15, 0.2) is 0 Å². The SMILES string of the molecule is CCC1CCCCN1C(=O)c1cccc(Oc2nccc(C)n2)c1. The Balaban J connectivity index is 1.78. The Bertz CT molecular complexity index is 717. The van der Waals surface area contributed by atoms with E-state index in [1.54, 1.807) is 12.3 Å². The Labute approximate surface area is 142 Å². The maximum Gasteiger partial charge on any atom is 0.322 e. The zero-order valence-electron chi connectivity index (χ0n) is 14.2. The smallest absolute Gasteiger partial charge is 0.322 e. The average molecular weight is 325 g/mol. The first-order valence-corrected chi connectivity index (χ1v) is 8.56. The van der Waals surface area contributed by atoms with Crippen LogP contribution in [0, 0.1) is 6.92 Å². The number of aryl methyl sites for hydroxylation is 1. The molecule has 126 valence electrons. The molecule has 0 aliphatic carbocycles. The van der Waals surface area contributed by atoms with Crippen molar-refractivity contribution in [3.8, 4) is 11.8 Å². The van der Waals surface area contributed by atoms with Crippen LogP contribution in [0.25, 0.3) is 0 Å². The third-order valence-corrected chi connectivity index (χ3v) is 4.42. The summed E-state index contributed by atoms with van der Waals surface area (Å²) in [4.78, 5) is 23.2. The molecule has 1 atom stereocenters. The first kappa shape index (κ1) is 16.4. The van der Waals surface area contributed by atoms with E-state index in [-0.39, 0.29) is 5.91 Å². The highest BCUT2D eigenvalue weighted by Crippen LogP contribution is 2.24. The lowest BCUT2D eigenvalue weighted by Crippen LogP contribution is -2.43. The highest BCUT2D eigenvalue weighted by atomic mass is 16.5. The number of hydrogen-bond donors (Lipinski definition) is 0. The van der Waals surface area contributed by atoms with Crippen molar-refractivity contribution in [3.63, 3.8) is 0 Å². The van der Waals surface area contributed by atoms with Crippen LogP contribution in [-0.4, -0.2) is 33.4 Å². The number of carbonyl (C=O) groups is 1. The van der Waals surface area contributed by atoms with Gasteiger partial charge in [0.05, 0.1) is 0 Å². The van der Waals surface area contributed by atoms with Crippen molar-refractivity contribution in [1.82, 2.24) is 14.9 Å². The van der Waals surface area contributed by atoms with E-state index < -0.39 is 0 Å². The third kappa shape index (κ3) is 3.72. The van der Waals surface area contributed by atoms with Gasteiger partial charge in [-0.2, -0.15) is 0 Å². The lowest BCUT2D eigenvalue weighted by atomic mass is 9.99. The van der Waals surface area contributed by atoms with Gasteiger partial charge in [0.1, 0.15) is 5.75 Å². The normalized spacial score (nSPS) is 17.6. The summed E-state index contributed by atoms with van der Waals surface area (Å²) in [6.07, 6.45) is 6.03. The fourth-order valence-corrected chi connectivity index (χ4v) is 3.13. The summed E-state index contributed by atoms with van der Waals surface area (Å²) in [5.74, 6) is 0.661. The van der Waals surface area contributed by atoms with Crippen LogP contribution in [-0.2, 0) is 0 Å². The number of amides is 1. The second-order valence-electron chi connectivity index (χ2n) is 6.17. The van der Waals surface area contributed by atoms with E-state index >= 15 is 0 Å². The molecule has 1 saturated heterocycles.